The number of hydrogen-bond acceptors (Lipinski definition) is 3. The minimum absolute atomic E-state index is 0.391. The van der Waals surface area contributed by atoms with Crippen molar-refractivity contribution in [3.63, 3.8) is 0 Å². The molecule has 2 unspecified atom stereocenters. The SMILES string of the molecule is c1ccc(CC2CN3CC(Cc4ccccc4)NC3=N2)cc1. The first-order chi connectivity index (χ1) is 10.9. The van der Waals surface area contributed by atoms with E-state index in [9.17, 15) is 0 Å². The van der Waals surface area contributed by atoms with Crippen LogP contribution in [0.3, 0.4) is 0 Å². The maximum absolute atomic E-state index is 4.87. The zero-order valence-corrected chi connectivity index (χ0v) is 12.7. The fourth-order valence-corrected chi connectivity index (χ4v) is 3.43. The molecular weight excluding hydrogens is 270 g/mol. The summed E-state index contributed by atoms with van der Waals surface area (Å²) in [6.07, 6.45) is 2.10. The number of fused-ring (bicyclic) bond motifs is 1. The van der Waals surface area contributed by atoms with E-state index >= 15 is 0 Å². The van der Waals surface area contributed by atoms with Crippen LogP contribution in [0.5, 0.6) is 0 Å². The van der Waals surface area contributed by atoms with E-state index in [0.29, 0.717) is 12.1 Å². The van der Waals surface area contributed by atoms with Crippen LogP contribution in [0, 0.1) is 0 Å². The normalized spacial score (nSPS) is 23.1. The van der Waals surface area contributed by atoms with Gasteiger partial charge in [-0.2, -0.15) is 0 Å². The van der Waals surface area contributed by atoms with Gasteiger partial charge >= 0.3 is 0 Å². The highest BCUT2D eigenvalue weighted by Crippen LogP contribution is 2.19. The Morgan fingerprint density at radius 2 is 1.50 bits per heavy atom. The van der Waals surface area contributed by atoms with Gasteiger partial charge in [0.15, 0.2) is 5.96 Å². The average Bonchev–Trinajstić information content (AvgIpc) is 3.07. The second-order valence-electron chi connectivity index (χ2n) is 6.23. The molecule has 112 valence electrons. The van der Waals surface area contributed by atoms with Crippen LogP contribution in [0.15, 0.2) is 65.7 Å². The first-order valence-electron chi connectivity index (χ1n) is 8.04. The van der Waals surface area contributed by atoms with Gasteiger partial charge in [-0.3, -0.25) is 0 Å². The third-order valence-corrected chi connectivity index (χ3v) is 4.45. The third-order valence-electron chi connectivity index (χ3n) is 4.45. The van der Waals surface area contributed by atoms with Gasteiger partial charge in [0.05, 0.1) is 12.1 Å². The molecule has 4 rings (SSSR count). The number of benzene rings is 2. The minimum atomic E-state index is 0.391. The molecule has 2 aromatic rings. The highest BCUT2D eigenvalue weighted by Gasteiger charge is 2.33. The Morgan fingerprint density at radius 1 is 0.864 bits per heavy atom. The van der Waals surface area contributed by atoms with Gasteiger partial charge in [0.2, 0.25) is 0 Å². The lowest BCUT2D eigenvalue weighted by atomic mass is 10.1. The third kappa shape index (κ3) is 2.84. The maximum atomic E-state index is 4.87. The van der Waals surface area contributed by atoms with Gasteiger partial charge in [-0.05, 0) is 24.0 Å². The van der Waals surface area contributed by atoms with Crippen LogP contribution in [-0.2, 0) is 12.8 Å². The molecule has 22 heavy (non-hydrogen) atoms. The van der Waals surface area contributed by atoms with Crippen molar-refractivity contribution in [3.05, 3.63) is 71.8 Å². The fourth-order valence-electron chi connectivity index (χ4n) is 3.43. The van der Waals surface area contributed by atoms with Gasteiger partial charge in [-0.15, -0.1) is 0 Å². The summed E-state index contributed by atoms with van der Waals surface area (Å²) in [6, 6.07) is 22.2. The summed E-state index contributed by atoms with van der Waals surface area (Å²) in [6.45, 7) is 2.11. The number of nitrogens with zero attached hydrogens (tertiary/aromatic N) is 2. The van der Waals surface area contributed by atoms with E-state index in [2.05, 4.69) is 70.9 Å². The van der Waals surface area contributed by atoms with Crippen LogP contribution in [-0.4, -0.2) is 36.0 Å². The number of guanidine groups is 1. The number of rotatable bonds is 4. The second kappa shape index (κ2) is 5.84. The van der Waals surface area contributed by atoms with Crippen molar-refractivity contribution in [2.24, 2.45) is 4.99 Å². The molecule has 3 nitrogen and oxygen atoms in total. The summed E-state index contributed by atoms with van der Waals surface area (Å²) >= 11 is 0. The summed E-state index contributed by atoms with van der Waals surface area (Å²) in [7, 11) is 0. The van der Waals surface area contributed by atoms with Gasteiger partial charge in [0.1, 0.15) is 0 Å². The lowest BCUT2D eigenvalue weighted by molar-refractivity contribution is 0.422. The largest absolute Gasteiger partial charge is 0.351 e. The summed E-state index contributed by atoms with van der Waals surface area (Å²) < 4.78 is 0. The van der Waals surface area contributed by atoms with E-state index in [4.69, 9.17) is 4.99 Å². The van der Waals surface area contributed by atoms with Crippen molar-refractivity contribution in [1.29, 1.82) is 0 Å². The summed E-state index contributed by atoms with van der Waals surface area (Å²) in [4.78, 5) is 7.27. The van der Waals surface area contributed by atoms with Gasteiger partial charge in [0, 0.05) is 13.1 Å². The first kappa shape index (κ1) is 13.4. The molecule has 3 heteroatoms. The number of aliphatic imine (C=N–C) groups is 1. The summed E-state index contributed by atoms with van der Waals surface area (Å²) in [5.74, 6) is 1.10. The van der Waals surface area contributed by atoms with E-state index in [1.165, 1.54) is 11.1 Å². The molecule has 0 amide bonds. The Bertz CT molecular complexity index is 651. The van der Waals surface area contributed by atoms with Crippen molar-refractivity contribution < 1.29 is 0 Å². The molecule has 0 spiro atoms. The molecule has 0 aliphatic carbocycles. The van der Waals surface area contributed by atoms with Crippen LogP contribution < -0.4 is 5.32 Å². The van der Waals surface area contributed by atoms with Crippen molar-refractivity contribution in [2.75, 3.05) is 13.1 Å². The molecule has 1 saturated heterocycles. The molecule has 2 atom stereocenters. The van der Waals surface area contributed by atoms with Crippen molar-refractivity contribution in [2.45, 2.75) is 24.9 Å². The average molecular weight is 291 g/mol. The minimum Gasteiger partial charge on any atom is -0.351 e. The van der Waals surface area contributed by atoms with E-state index < -0.39 is 0 Å². The van der Waals surface area contributed by atoms with Gasteiger partial charge < -0.3 is 10.2 Å². The number of hydrogen-bond donors (Lipinski definition) is 1. The molecule has 0 aromatic heterocycles. The highest BCUT2D eigenvalue weighted by atomic mass is 15.4. The van der Waals surface area contributed by atoms with Crippen molar-refractivity contribution >= 4 is 5.96 Å². The quantitative estimate of drug-likeness (QED) is 0.937. The Hall–Kier alpha value is -2.29. The molecule has 2 aliphatic heterocycles. The Morgan fingerprint density at radius 3 is 2.14 bits per heavy atom. The van der Waals surface area contributed by atoms with E-state index in [-0.39, 0.29) is 0 Å². The molecular formula is C19H21N3. The molecule has 2 heterocycles. The molecule has 0 bridgehead atoms. The molecule has 0 radical (unpaired) electrons. The zero-order valence-electron chi connectivity index (χ0n) is 12.7. The standard InChI is InChI=1S/C19H21N3/c1-3-7-15(8-4-1)11-17-13-22-14-18(21-19(22)20-17)12-16-9-5-2-6-10-16/h1-10,17-18H,11-14H2,(H,20,21). The molecule has 0 saturated carbocycles. The summed E-state index contributed by atoms with van der Waals surface area (Å²) in [5.41, 5.74) is 2.77. The zero-order chi connectivity index (χ0) is 14.8. The molecule has 1 N–H and O–H groups in total. The lowest BCUT2D eigenvalue weighted by Gasteiger charge is -2.15. The topological polar surface area (TPSA) is 27.6 Å². The smallest absolute Gasteiger partial charge is 0.194 e. The predicted molar refractivity (Wildman–Crippen MR) is 90.0 cm³/mol. The Balaban J connectivity index is 1.37. The molecule has 2 aromatic carbocycles. The maximum Gasteiger partial charge on any atom is 0.194 e. The van der Waals surface area contributed by atoms with E-state index in [0.717, 1.165) is 31.9 Å². The first-order valence-corrected chi connectivity index (χ1v) is 8.04. The number of nitrogens with one attached hydrogen (secondary N) is 1. The van der Waals surface area contributed by atoms with Crippen LogP contribution in [0.25, 0.3) is 0 Å². The van der Waals surface area contributed by atoms with E-state index in [1.807, 2.05) is 0 Å². The Labute approximate surface area is 131 Å². The van der Waals surface area contributed by atoms with Gasteiger partial charge in [-0.1, -0.05) is 60.7 Å². The second-order valence-corrected chi connectivity index (χ2v) is 6.23. The monoisotopic (exact) mass is 291 g/mol. The van der Waals surface area contributed by atoms with Crippen molar-refractivity contribution in [3.8, 4) is 0 Å². The fraction of sp³-hybridized carbons (Fsp3) is 0.316. The van der Waals surface area contributed by atoms with Crippen LogP contribution in [0.1, 0.15) is 11.1 Å². The van der Waals surface area contributed by atoms with Gasteiger partial charge in [0.25, 0.3) is 0 Å². The Kier molecular flexibility index (Phi) is 3.55. The predicted octanol–water partition coefficient (Wildman–Crippen LogP) is 2.48. The van der Waals surface area contributed by atoms with E-state index in [1.54, 1.807) is 0 Å². The molecule has 2 aliphatic rings. The van der Waals surface area contributed by atoms with Crippen LogP contribution in [0.2, 0.25) is 0 Å². The van der Waals surface area contributed by atoms with Crippen LogP contribution >= 0.6 is 0 Å². The van der Waals surface area contributed by atoms with Crippen LogP contribution in [0.4, 0.5) is 0 Å². The summed E-state index contributed by atoms with van der Waals surface area (Å²) in [5, 5.41) is 3.59. The van der Waals surface area contributed by atoms with Gasteiger partial charge in [-0.25, -0.2) is 4.99 Å². The highest BCUT2D eigenvalue weighted by molar-refractivity contribution is 5.84. The van der Waals surface area contributed by atoms with Crippen molar-refractivity contribution in [1.82, 2.24) is 10.2 Å². The lowest BCUT2D eigenvalue weighted by Crippen LogP contribution is -2.29. The molecule has 1 fully saturated rings.